The highest BCUT2D eigenvalue weighted by molar-refractivity contribution is 9.10. The van der Waals surface area contributed by atoms with Crippen LogP contribution in [0.1, 0.15) is 24.5 Å². The molecule has 2 N–H and O–H groups in total. The standard InChI is InChI=1S/C17H19BrClNO/c1-3-14(20)10-12-9-13(18)5-7-16(12)21-17-8-11(2)4-6-15(17)19/h4-9,14H,3,10,20H2,1-2H3. The molecule has 0 fully saturated rings. The molecule has 21 heavy (non-hydrogen) atoms. The Hall–Kier alpha value is -1.03. The molecule has 1 unspecified atom stereocenters. The number of ether oxygens (including phenoxy) is 1. The average Bonchev–Trinajstić information content (AvgIpc) is 2.45. The molecule has 2 aromatic carbocycles. The largest absolute Gasteiger partial charge is 0.456 e. The Morgan fingerprint density at radius 3 is 2.67 bits per heavy atom. The summed E-state index contributed by atoms with van der Waals surface area (Å²) in [6.45, 7) is 4.10. The highest BCUT2D eigenvalue weighted by atomic mass is 79.9. The molecule has 1 atom stereocenters. The molecule has 0 aliphatic rings. The normalized spacial score (nSPS) is 12.2. The number of nitrogens with two attached hydrogens (primary N) is 1. The molecule has 2 nitrogen and oxygen atoms in total. The van der Waals surface area contributed by atoms with Gasteiger partial charge in [-0.05, 0) is 61.2 Å². The smallest absolute Gasteiger partial charge is 0.146 e. The van der Waals surface area contributed by atoms with Crippen molar-refractivity contribution in [1.82, 2.24) is 0 Å². The number of hydrogen-bond donors (Lipinski definition) is 1. The zero-order valence-corrected chi connectivity index (χ0v) is 14.5. The lowest BCUT2D eigenvalue weighted by molar-refractivity contribution is 0.472. The van der Waals surface area contributed by atoms with Crippen LogP contribution in [0.15, 0.2) is 40.9 Å². The Kier molecular flexibility index (Phi) is 5.68. The highest BCUT2D eigenvalue weighted by Gasteiger charge is 2.11. The fourth-order valence-electron chi connectivity index (χ4n) is 2.04. The molecular formula is C17H19BrClNO. The first-order chi connectivity index (χ1) is 9.99. The van der Waals surface area contributed by atoms with Crippen molar-refractivity contribution >= 4 is 27.5 Å². The number of rotatable bonds is 5. The van der Waals surface area contributed by atoms with Gasteiger partial charge in [0.1, 0.15) is 11.5 Å². The summed E-state index contributed by atoms with van der Waals surface area (Å²) in [5.41, 5.74) is 8.26. The zero-order chi connectivity index (χ0) is 15.4. The van der Waals surface area contributed by atoms with Gasteiger partial charge in [-0.25, -0.2) is 0 Å². The van der Waals surface area contributed by atoms with Gasteiger partial charge in [0, 0.05) is 10.5 Å². The predicted molar refractivity (Wildman–Crippen MR) is 92.4 cm³/mol. The Morgan fingerprint density at radius 2 is 1.95 bits per heavy atom. The number of hydrogen-bond acceptors (Lipinski definition) is 2. The van der Waals surface area contributed by atoms with Crippen molar-refractivity contribution in [3.05, 3.63) is 57.0 Å². The van der Waals surface area contributed by atoms with Crippen LogP contribution in [0, 0.1) is 6.92 Å². The molecule has 0 saturated carbocycles. The SMILES string of the molecule is CCC(N)Cc1cc(Br)ccc1Oc1cc(C)ccc1Cl. The maximum absolute atomic E-state index is 6.20. The van der Waals surface area contributed by atoms with E-state index in [4.69, 9.17) is 22.1 Å². The van der Waals surface area contributed by atoms with E-state index in [1.807, 2.05) is 37.3 Å². The molecule has 0 aliphatic carbocycles. The van der Waals surface area contributed by atoms with Crippen molar-refractivity contribution in [3.63, 3.8) is 0 Å². The Morgan fingerprint density at radius 1 is 1.19 bits per heavy atom. The summed E-state index contributed by atoms with van der Waals surface area (Å²) in [6.07, 6.45) is 1.70. The lowest BCUT2D eigenvalue weighted by Gasteiger charge is -2.15. The van der Waals surface area contributed by atoms with Crippen LogP contribution >= 0.6 is 27.5 Å². The fraction of sp³-hybridized carbons (Fsp3) is 0.294. The minimum atomic E-state index is 0.120. The molecule has 2 aromatic rings. The molecule has 4 heteroatoms. The van der Waals surface area contributed by atoms with Gasteiger partial charge in [0.15, 0.2) is 0 Å². The van der Waals surface area contributed by atoms with Crippen LogP contribution in [0.5, 0.6) is 11.5 Å². The van der Waals surface area contributed by atoms with Crippen molar-refractivity contribution in [2.75, 3.05) is 0 Å². The topological polar surface area (TPSA) is 35.2 Å². The van der Waals surface area contributed by atoms with Gasteiger partial charge in [-0.3, -0.25) is 0 Å². The van der Waals surface area contributed by atoms with Crippen LogP contribution in [0.25, 0.3) is 0 Å². The summed E-state index contributed by atoms with van der Waals surface area (Å²) in [7, 11) is 0. The first-order valence-corrected chi connectivity index (χ1v) is 8.14. The van der Waals surface area contributed by atoms with Crippen molar-refractivity contribution in [3.8, 4) is 11.5 Å². The van der Waals surface area contributed by atoms with Crippen LogP contribution in [0.4, 0.5) is 0 Å². The van der Waals surface area contributed by atoms with E-state index in [1.54, 1.807) is 0 Å². The van der Waals surface area contributed by atoms with Gasteiger partial charge in [0.25, 0.3) is 0 Å². The Labute approximate surface area is 139 Å². The maximum Gasteiger partial charge on any atom is 0.146 e. The van der Waals surface area contributed by atoms with Crippen LogP contribution < -0.4 is 10.5 Å². The third-order valence-corrected chi connectivity index (χ3v) is 4.14. The summed E-state index contributed by atoms with van der Waals surface area (Å²) in [4.78, 5) is 0. The highest BCUT2D eigenvalue weighted by Crippen LogP contribution is 2.33. The van der Waals surface area contributed by atoms with Crippen LogP contribution in [0.2, 0.25) is 5.02 Å². The zero-order valence-electron chi connectivity index (χ0n) is 12.2. The Balaban J connectivity index is 2.32. The molecule has 0 bridgehead atoms. The summed E-state index contributed by atoms with van der Waals surface area (Å²) < 4.78 is 7.03. The van der Waals surface area contributed by atoms with Gasteiger partial charge >= 0.3 is 0 Å². The van der Waals surface area contributed by atoms with E-state index in [9.17, 15) is 0 Å². The number of benzene rings is 2. The first-order valence-electron chi connectivity index (χ1n) is 6.97. The third-order valence-electron chi connectivity index (χ3n) is 3.34. The molecular weight excluding hydrogens is 350 g/mol. The van der Waals surface area contributed by atoms with E-state index in [1.165, 1.54) is 0 Å². The molecule has 0 saturated heterocycles. The third kappa shape index (κ3) is 4.47. The van der Waals surface area contributed by atoms with E-state index in [-0.39, 0.29) is 6.04 Å². The van der Waals surface area contributed by atoms with E-state index in [0.29, 0.717) is 10.8 Å². The molecule has 0 radical (unpaired) electrons. The summed E-state index contributed by atoms with van der Waals surface area (Å²) in [6, 6.07) is 11.8. The number of aryl methyl sites for hydroxylation is 1. The molecule has 0 aromatic heterocycles. The molecule has 0 heterocycles. The van der Waals surface area contributed by atoms with Gasteiger partial charge in [0.2, 0.25) is 0 Å². The second-order valence-electron chi connectivity index (χ2n) is 5.16. The van der Waals surface area contributed by atoms with Crippen molar-refractivity contribution in [1.29, 1.82) is 0 Å². The summed E-state index contributed by atoms with van der Waals surface area (Å²) >= 11 is 9.70. The summed E-state index contributed by atoms with van der Waals surface area (Å²) in [5, 5.41) is 0.606. The van der Waals surface area contributed by atoms with Gasteiger partial charge in [-0.1, -0.05) is 40.5 Å². The predicted octanol–water partition coefficient (Wildman–Crippen LogP) is 5.48. The van der Waals surface area contributed by atoms with Gasteiger partial charge in [-0.15, -0.1) is 0 Å². The van der Waals surface area contributed by atoms with Gasteiger partial charge in [0.05, 0.1) is 5.02 Å². The average molecular weight is 369 g/mol. The molecule has 0 spiro atoms. The lowest BCUT2D eigenvalue weighted by atomic mass is 10.0. The monoisotopic (exact) mass is 367 g/mol. The van der Waals surface area contributed by atoms with E-state index >= 15 is 0 Å². The minimum absolute atomic E-state index is 0.120. The maximum atomic E-state index is 6.20. The van der Waals surface area contributed by atoms with Crippen LogP contribution in [-0.4, -0.2) is 6.04 Å². The van der Waals surface area contributed by atoms with E-state index in [2.05, 4.69) is 28.9 Å². The number of halogens is 2. The summed E-state index contributed by atoms with van der Waals surface area (Å²) in [5.74, 6) is 1.47. The van der Waals surface area contributed by atoms with Crippen molar-refractivity contribution < 1.29 is 4.74 Å². The first kappa shape index (κ1) is 16.3. The van der Waals surface area contributed by atoms with Crippen molar-refractivity contribution in [2.45, 2.75) is 32.7 Å². The van der Waals surface area contributed by atoms with E-state index < -0.39 is 0 Å². The lowest BCUT2D eigenvalue weighted by Crippen LogP contribution is -2.21. The minimum Gasteiger partial charge on any atom is -0.456 e. The van der Waals surface area contributed by atoms with Crippen LogP contribution in [0.3, 0.4) is 0 Å². The Bertz CT molecular complexity index is 630. The van der Waals surface area contributed by atoms with Gasteiger partial charge in [-0.2, -0.15) is 0 Å². The molecule has 112 valence electrons. The molecule has 2 rings (SSSR count). The van der Waals surface area contributed by atoms with Crippen molar-refractivity contribution in [2.24, 2.45) is 5.73 Å². The fourth-order valence-corrected chi connectivity index (χ4v) is 2.61. The second-order valence-corrected chi connectivity index (χ2v) is 6.48. The molecule has 0 amide bonds. The van der Waals surface area contributed by atoms with Crippen LogP contribution in [-0.2, 0) is 6.42 Å². The second kappa shape index (κ2) is 7.30. The van der Waals surface area contributed by atoms with E-state index in [0.717, 1.165) is 34.2 Å². The quantitative estimate of drug-likeness (QED) is 0.758. The molecule has 0 aliphatic heterocycles. The van der Waals surface area contributed by atoms with Gasteiger partial charge < -0.3 is 10.5 Å².